The van der Waals surface area contributed by atoms with E-state index in [2.05, 4.69) is 20.8 Å². The SMILES string of the molecule is CCC(C)(C)N=C(N(C)C)N(C)C. The fourth-order valence-corrected chi connectivity index (χ4v) is 0.950. The van der Waals surface area contributed by atoms with Crippen molar-refractivity contribution in [1.29, 1.82) is 0 Å². The van der Waals surface area contributed by atoms with Gasteiger partial charge in [-0.1, -0.05) is 6.92 Å². The van der Waals surface area contributed by atoms with E-state index in [0.29, 0.717) is 0 Å². The normalized spacial score (nSPS) is 11.0. The van der Waals surface area contributed by atoms with Crippen LogP contribution in [0.1, 0.15) is 27.2 Å². The number of rotatable bonds is 2. The summed E-state index contributed by atoms with van der Waals surface area (Å²) in [5.74, 6) is 1.02. The molecule has 0 aliphatic heterocycles. The molecule has 0 aromatic heterocycles. The van der Waals surface area contributed by atoms with E-state index >= 15 is 0 Å². The first-order valence-electron chi connectivity index (χ1n) is 4.74. The first-order valence-corrected chi connectivity index (χ1v) is 4.74. The molecular weight excluding hydrogens is 162 g/mol. The molecule has 0 unspecified atom stereocenters. The Bertz CT molecular complexity index is 171. The first-order chi connectivity index (χ1) is 5.80. The minimum atomic E-state index is 0.0316. The van der Waals surface area contributed by atoms with Crippen molar-refractivity contribution in [2.45, 2.75) is 32.7 Å². The third-order valence-electron chi connectivity index (χ3n) is 2.07. The molecule has 0 aromatic carbocycles. The molecule has 0 fully saturated rings. The number of hydrogen-bond acceptors (Lipinski definition) is 1. The van der Waals surface area contributed by atoms with Gasteiger partial charge in [-0.15, -0.1) is 0 Å². The highest BCUT2D eigenvalue weighted by Gasteiger charge is 2.16. The largest absolute Gasteiger partial charge is 0.349 e. The summed E-state index contributed by atoms with van der Waals surface area (Å²) in [7, 11) is 8.07. The summed E-state index contributed by atoms with van der Waals surface area (Å²) in [4.78, 5) is 8.77. The molecule has 0 radical (unpaired) electrons. The lowest BCUT2D eigenvalue weighted by Gasteiger charge is -2.27. The molecule has 0 aliphatic rings. The molecule has 0 amide bonds. The van der Waals surface area contributed by atoms with E-state index in [0.717, 1.165) is 12.4 Å². The van der Waals surface area contributed by atoms with Gasteiger partial charge in [0, 0.05) is 28.2 Å². The highest BCUT2D eigenvalue weighted by Crippen LogP contribution is 2.14. The summed E-state index contributed by atoms with van der Waals surface area (Å²) in [6, 6.07) is 0. The number of guanidine groups is 1. The minimum Gasteiger partial charge on any atom is -0.349 e. The summed E-state index contributed by atoms with van der Waals surface area (Å²) >= 11 is 0. The quantitative estimate of drug-likeness (QED) is 0.481. The molecular formula is C10H23N3. The summed E-state index contributed by atoms with van der Waals surface area (Å²) in [5, 5.41) is 0. The Labute approximate surface area is 82.4 Å². The van der Waals surface area contributed by atoms with Crippen molar-refractivity contribution >= 4 is 5.96 Å². The molecule has 3 nitrogen and oxygen atoms in total. The number of aliphatic imine (C=N–C) groups is 1. The van der Waals surface area contributed by atoms with E-state index in [9.17, 15) is 0 Å². The third-order valence-corrected chi connectivity index (χ3v) is 2.07. The molecule has 78 valence electrons. The summed E-state index contributed by atoms with van der Waals surface area (Å²) < 4.78 is 0. The zero-order chi connectivity index (χ0) is 10.6. The van der Waals surface area contributed by atoms with Crippen LogP contribution in [-0.2, 0) is 0 Å². The van der Waals surface area contributed by atoms with E-state index < -0.39 is 0 Å². The van der Waals surface area contributed by atoms with Gasteiger partial charge in [0.25, 0.3) is 0 Å². The Morgan fingerprint density at radius 1 is 1.08 bits per heavy atom. The van der Waals surface area contributed by atoms with Crippen molar-refractivity contribution in [1.82, 2.24) is 9.80 Å². The maximum Gasteiger partial charge on any atom is 0.196 e. The second-order valence-corrected chi connectivity index (χ2v) is 4.37. The van der Waals surface area contributed by atoms with Crippen LogP contribution in [0.3, 0.4) is 0 Å². The van der Waals surface area contributed by atoms with Crippen molar-refractivity contribution in [3.63, 3.8) is 0 Å². The lowest BCUT2D eigenvalue weighted by atomic mass is 10.0. The topological polar surface area (TPSA) is 18.8 Å². The summed E-state index contributed by atoms with van der Waals surface area (Å²) in [6.07, 6.45) is 1.05. The zero-order valence-corrected chi connectivity index (χ0v) is 10.0. The molecule has 0 rings (SSSR count). The Kier molecular flexibility index (Phi) is 4.24. The predicted octanol–water partition coefficient (Wildman–Crippen LogP) is 1.65. The molecule has 0 aliphatic carbocycles. The maximum absolute atomic E-state index is 4.69. The minimum absolute atomic E-state index is 0.0316. The summed E-state index contributed by atoms with van der Waals surface area (Å²) in [6.45, 7) is 6.46. The standard InChI is InChI=1S/C10H23N3/c1-8-10(2,3)11-9(12(4)5)13(6)7/h8H2,1-7H3. The fourth-order valence-electron chi connectivity index (χ4n) is 0.950. The molecule has 0 spiro atoms. The van der Waals surface area contributed by atoms with Gasteiger partial charge in [0.1, 0.15) is 0 Å². The van der Waals surface area contributed by atoms with E-state index in [1.165, 1.54) is 0 Å². The molecule has 0 atom stereocenters. The molecule has 0 bridgehead atoms. The highest BCUT2D eigenvalue weighted by molar-refractivity contribution is 5.79. The van der Waals surface area contributed by atoms with E-state index in [4.69, 9.17) is 4.99 Å². The van der Waals surface area contributed by atoms with Crippen molar-refractivity contribution in [3.8, 4) is 0 Å². The molecule has 0 saturated heterocycles. The lowest BCUT2D eigenvalue weighted by molar-refractivity contribution is 0.435. The Morgan fingerprint density at radius 3 is 1.69 bits per heavy atom. The van der Waals surface area contributed by atoms with Gasteiger partial charge < -0.3 is 9.80 Å². The van der Waals surface area contributed by atoms with Crippen molar-refractivity contribution in [3.05, 3.63) is 0 Å². The van der Waals surface area contributed by atoms with Gasteiger partial charge in [-0.2, -0.15) is 0 Å². The van der Waals surface area contributed by atoms with E-state index in [-0.39, 0.29) is 5.54 Å². The van der Waals surface area contributed by atoms with E-state index in [1.54, 1.807) is 0 Å². The van der Waals surface area contributed by atoms with E-state index in [1.807, 2.05) is 38.0 Å². The average Bonchev–Trinajstić information content (AvgIpc) is 1.99. The molecule has 13 heavy (non-hydrogen) atoms. The van der Waals surface area contributed by atoms with Crippen LogP contribution >= 0.6 is 0 Å². The zero-order valence-electron chi connectivity index (χ0n) is 10.0. The van der Waals surface area contributed by atoms with Crippen molar-refractivity contribution < 1.29 is 0 Å². The average molecular weight is 185 g/mol. The third kappa shape index (κ3) is 4.15. The van der Waals surface area contributed by atoms with Gasteiger partial charge in [-0.05, 0) is 20.3 Å². The van der Waals surface area contributed by atoms with Crippen molar-refractivity contribution in [2.24, 2.45) is 4.99 Å². The van der Waals surface area contributed by atoms with Gasteiger partial charge in [-0.3, -0.25) is 0 Å². The van der Waals surface area contributed by atoms with Gasteiger partial charge in [0.15, 0.2) is 5.96 Å². The number of nitrogens with zero attached hydrogens (tertiary/aromatic N) is 3. The van der Waals surface area contributed by atoms with Gasteiger partial charge >= 0.3 is 0 Å². The molecule has 3 heteroatoms. The van der Waals surface area contributed by atoms with Crippen LogP contribution in [0.15, 0.2) is 4.99 Å². The van der Waals surface area contributed by atoms with Crippen LogP contribution in [-0.4, -0.2) is 49.5 Å². The van der Waals surface area contributed by atoms with Crippen LogP contribution in [0.2, 0.25) is 0 Å². The van der Waals surface area contributed by atoms with Gasteiger partial charge in [-0.25, -0.2) is 4.99 Å². The monoisotopic (exact) mass is 185 g/mol. The molecule has 0 heterocycles. The van der Waals surface area contributed by atoms with Crippen LogP contribution in [0.4, 0.5) is 0 Å². The second-order valence-electron chi connectivity index (χ2n) is 4.37. The second kappa shape index (κ2) is 4.49. The van der Waals surface area contributed by atoms with Gasteiger partial charge in [0.05, 0.1) is 5.54 Å². The number of hydrogen-bond donors (Lipinski definition) is 0. The van der Waals surface area contributed by atoms with Crippen molar-refractivity contribution in [2.75, 3.05) is 28.2 Å². The van der Waals surface area contributed by atoms with Crippen LogP contribution in [0.5, 0.6) is 0 Å². The fraction of sp³-hybridized carbons (Fsp3) is 0.900. The maximum atomic E-state index is 4.69. The Hall–Kier alpha value is -0.730. The lowest BCUT2D eigenvalue weighted by Crippen LogP contribution is -2.38. The molecule has 0 aromatic rings. The summed E-state index contributed by atoms with van der Waals surface area (Å²) in [5.41, 5.74) is 0.0316. The molecule has 0 N–H and O–H groups in total. The predicted molar refractivity (Wildman–Crippen MR) is 59.2 cm³/mol. The first kappa shape index (κ1) is 12.3. The smallest absolute Gasteiger partial charge is 0.196 e. The highest BCUT2D eigenvalue weighted by atomic mass is 15.3. The molecule has 0 saturated carbocycles. The van der Waals surface area contributed by atoms with Gasteiger partial charge in [0.2, 0.25) is 0 Å². The Morgan fingerprint density at radius 2 is 1.46 bits per heavy atom. The van der Waals surface area contributed by atoms with Crippen LogP contribution in [0, 0.1) is 0 Å². The van der Waals surface area contributed by atoms with Crippen LogP contribution < -0.4 is 0 Å². The Balaban J connectivity index is 4.73. The van der Waals surface area contributed by atoms with Crippen LogP contribution in [0.25, 0.3) is 0 Å².